The lowest BCUT2D eigenvalue weighted by Gasteiger charge is -2.22. The molecular weight excluding hydrogens is 486 g/mol. The summed E-state index contributed by atoms with van der Waals surface area (Å²) in [6.07, 6.45) is 3.24. The maximum Gasteiger partial charge on any atom is 0.268 e. The number of rotatable bonds is 10. The average Bonchev–Trinajstić information content (AvgIpc) is 3.32. The van der Waals surface area contributed by atoms with Crippen LogP contribution in [0.2, 0.25) is 0 Å². The van der Waals surface area contributed by atoms with E-state index in [-0.39, 0.29) is 6.42 Å². The first-order valence-corrected chi connectivity index (χ1v) is 13.9. The van der Waals surface area contributed by atoms with Crippen molar-refractivity contribution in [2.45, 2.75) is 24.9 Å². The van der Waals surface area contributed by atoms with Crippen LogP contribution in [0, 0.1) is 0 Å². The van der Waals surface area contributed by atoms with Gasteiger partial charge in [-0.3, -0.25) is 9.59 Å². The van der Waals surface area contributed by atoms with Crippen molar-refractivity contribution in [1.82, 2.24) is 15.6 Å². The molecule has 0 saturated heterocycles. The van der Waals surface area contributed by atoms with Crippen molar-refractivity contribution in [1.29, 1.82) is 0 Å². The zero-order valence-corrected chi connectivity index (χ0v) is 21.2. The summed E-state index contributed by atoms with van der Waals surface area (Å²) in [6.45, 7) is 0. The lowest BCUT2D eigenvalue weighted by atomic mass is 10.0. The smallest absolute Gasteiger partial charge is 0.268 e. The Hall–Kier alpha value is -4.17. The number of para-hydroxylation sites is 1. The monoisotopic (exact) mass is 515 g/mol. The Kier molecular flexibility index (Phi) is 8.20. The molecule has 1 heterocycles. The number of H-pyrrole nitrogens is 1. The van der Waals surface area contributed by atoms with Gasteiger partial charge in [0.25, 0.3) is 5.91 Å². The number of aromatic nitrogens is 1. The van der Waals surface area contributed by atoms with Crippen LogP contribution in [0.1, 0.15) is 21.6 Å². The highest BCUT2D eigenvalue weighted by Crippen LogP contribution is 2.15. The minimum Gasteiger partial charge on any atom is -0.351 e. The van der Waals surface area contributed by atoms with Gasteiger partial charge >= 0.3 is 0 Å². The van der Waals surface area contributed by atoms with Gasteiger partial charge in [0.1, 0.15) is 11.7 Å². The molecule has 4 aromatic rings. The number of fused-ring (bicyclic) bond motifs is 1. The fraction of sp³-hybridized carbons (Fsp3) is 0.172. The molecule has 0 bridgehead atoms. The molecule has 4 rings (SSSR count). The van der Waals surface area contributed by atoms with Crippen molar-refractivity contribution in [2.75, 3.05) is 6.26 Å². The highest BCUT2D eigenvalue weighted by molar-refractivity contribution is 7.93. The second-order valence-corrected chi connectivity index (χ2v) is 10.9. The normalized spacial score (nSPS) is 13.3. The van der Waals surface area contributed by atoms with Crippen molar-refractivity contribution in [3.05, 3.63) is 119 Å². The molecule has 0 fully saturated rings. The molecule has 190 valence electrons. The second-order valence-electron chi connectivity index (χ2n) is 8.95. The molecule has 2 unspecified atom stereocenters. The van der Waals surface area contributed by atoms with Crippen LogP contribution < -0.4 is 10.6 Å². The van der Waals surface area contributed by atoms with E-state index in [1.165, 1.54) is 6.08 Å². The number of sulfone groups is 1. The Morgan fingerprint density at radius 2 is 1.43 bits per heavy atom. The number of hydrogen-bond acceptors (Lipinski definition) is 4. The summed E-state index contributed by atoms with van der Waals surface area (Å²) >= 11 is 0. The van der Waals surface area contributed by atoms with E-state index in [0.29, 0.717) is 12.1 Å². The number of aromatic amines is 1. The fourth-order valence-electron chi connectivity index (χ4n) is 4.05. The molecule has 37 heavy (non-hydrogen) atoms. The quantitative estimate of drug-likeness (QED) is 0.299. The molecule has 0 aliphatic carbocycles. The van der Waals surface area contributed by atoms with E-state index < -0.39 is 33.7 Å². The van der Waals surface area contributed by atoms with Crippen molar-refractivity contribution >= 4 is 32.6 Å². The average molecular weight is 516 g/mol. The van der Waals surface area contributed by atoms with Gasteiger partial charge < -0.3 is 15.6 Å². The van der Waals surface area contributed by atoms with Crippen LogP contribution in [0.15, 0.2) is 102 Å². The van der Waals surface area contributed by atoms with Crippen LogP contribution in [0.25, 0.3) is 10.9 Å². The van der Waals surface area contributed by atoms with E-state index in [4.69, 9.17) is 0 Å². The van der Waals surface area contributed by atoms with Gasteiger partial charge in [0.05, 0.1) is 6.04 Å². The molecule has 2 atom stereocenters. The zero-order chi connectivity index (χ0) is 26.3. The minimum atomic E-state index is -3.39. The van der Waals surface area contributed by atoms with Crippen LogP contribution in [0.4, 0.5) is 0 Å². The zero-order valence-electron chi connectivity index (χ0n) is 20.4. The molecule has 1 aromatic heterocycles. The summed E-state index contributed by atoms with van der Waals surface area (Å²) in [4.78, 5) is 29.7. The number of carbonyl (C=O) groups excluding carboxylic acids is 2. The van der Waals surface area contributed by atoms with Crippen LogP contribution in [0.3, 0.4) is 0 Å². The third-order valence-electron chi connectivity index (χ3n) is 5.86. The van der Waals surface area contributed by atoms with E-state index in [9.17, 15) is 18.0 Å². The Morgan fingerprint density at radius 1 is 0.838 bits per heavy atom. The van der Waals surface area contributed by atoms with Crippen LogP contribution in [-0.4, -0.2) is 43.6 Å². The van der Waals surface area contributed by atoms with Crippen molar-refractivity contribution < 1.29 is 18.0 Å². The number of benzene rings is 3. The third kappa shape index (κ3) is 7.65. The molecule has 0 aliphatic heterocycles. The number of nitrogens with one attached hydrogen (secondary N) is 3. The first kappa shape index (κ1) is 25.9. The Morgan fingerprint density at radius 3 is 2.05 bits per heavy atom. The van der Waals surface area contributed by atoms with E-state index in [1.807, 2.05) is 84.9 Å². The van der Waals surface area contributed by atoms with Crippen molar-refractivity contribution in [2.24, 2.45) is 0 Å². The van der Waals surface area contributed by atoms with Crippen molar-refractivity contribution in [3.8, 4) is 0 Å². The summed E-state index contributed by atoms with van der Waals surface area (Å²) in [5.41, 5.74) is 2.99. The van der Waals surface area contributed by atoms with Gasteiger partial charge in [0, 0.05) is 29.0 Å². The lowest BCUT2D eigenvalue weighted by molar-refractivity contribution is -0.123. The van der Waals surface area contributed by atoms with Crippen LogP contribution in [0.5, 0.6) is 0 Å². The molecule has 8 heteroatoms. The number of amides is 2. The molecule has 3 aromatic carbocycles. The molecular formula is C29H29N3O4S. The molecule has 0 spiro atoms. The lowest BCUT2D eigenvalue weighted by Crippen LogP contribution is -2.50. The standard InChI is InChI=1S/C29H29N3O4S/c1-37(35,36)17-16-24(18-21-10-4-2-5-11-21)30-28(33)26(19-22-12-6-3-7-13-22)32-29(34)27-20-23-14-8-9-15-25(23)31-27/h2-17,20,24,26,31H,18-19H2,1H3,(H,30,33)(H,32,34)/b17-16+. The highest BCUT2D eigenvalue weighted by Gasteiger charge is 2.24. The third-order valence-corrected chi connectivity index (χ3v) is 6.51. The Balaban J connectivity index is 1.57. The van der Waals surface area contributed by atoms with Crippen LogP contribution >= 0.6 is 0 Å². The first-order chi connectivity index (χ1) is 17.8. The first-order valence-electron chi connectivity index (χ1n) is 11.9. The maximum atomic E-state index is 13.5. The summed E-state index contributed by atoms with van der Waals surface area (Å²) < 4.78 is 23.5. The number of carbonyl (C=O) groups is 2. The van der Waals surface area contributed by atoms with E-state index >= 15 is 0 Å². The minimum absolute atomic E-state index is 0.270. The molecule has 0 aliphatic rings. The predicted molar refractivity (Wildman–Crippen MR) is 146 cm³/mol. The van der Waals surface area contributed by atoms with E-state index in [0.717, 1.165) is 33.7 Å². The van der Waals surface area contributed by atoms with Gasteiger partial charge in [0.2, 0.25) is 5.91 Å². The molecule has 0 saturated carbocycles. The summed E-state index contributed by atoms with van der Waals surface area (Å²) in [5.74, 6) is -0.814. The van der Waals surface area contributed by atoms with E-state index in [2.05, 4.69) is 15.6 Å². The predicted octanol–water partition coefficient (Wildman–Crippen LogP) is 3.79. The maximum absolute atomic E-state index is 13.5. The topological polar surface area (TPSA) is 108 Å². The van der Waals surface area contributed by atoms with Gasteiger partial charge in [0.15, 0.2) is 9.84 Å². The van der Waals surface area contributed by atoms with Crippen LogP contribution in [-0.2, 0) is 27.5 Å². The SMILES string of the molecule is CS(=O)(=O)/C=C/C(Cc1ccccc1)NC(=O)C(Cc1ccccc1)NC(=O)c1cc2ccccc2[nH]1. The fourth-order valence-corrected chi connectivity index (χ4v) is 4.52. The van der Waals surface area contributed by atoms with Gasteiger partial charge in [-0.2, -0.15) is 0 Å². The summed E-state index contributed by atoms with van der Waals surface area (Å²) in [7, 11) is -3.39. The molecule has 7 nitrogen and oxygen atoms in total. The largest absolute Gasteiger partial charge is 0.351 e. The highest BCUT2D eigenvalue weighted by atomic mass is 32.2. The van der Waals surface area contributed by atoms with Gasteiger partial charge in [-0.1, -0.05) is 84.9 Å². The van der Waals surface area contributed by atoms with Gasteiger partial charge in [-0.15, -0.1) is 0 Å². The van der Waals surface area contributed by atoms with Crippen molar-refractivity contribution in [3.63, 3.8) is 0 Å². The number of hydrogen-bond donors (Lipinski definition) is 3. The Labute approximate surface area is 216 Å². The van der Waals surface area contributed by atoms with Gasteiger partial charge in [-0.05, 0) is 29.7 Å². The molecule has 3 N–H and O–H groups in total. The molecule has 0 radical (unpaired) electrons. The molecule has 2 amide bonds. The second kappa shape index (κ2) is 11.7. The summed E-state index contributed by atoms with van der Waals surface area (Å²) in [5, 5.41) is 7.77. The van der Waals surface area contributed by atoms with Gasteiger partial charge in [-0.25, -0.2) is 8.42 Å². The summed E-state index contributed by atoms with van der Waals surface area (Å²) in [6, 6.07) is 26.7. The Bertz CT molecular complexity index is 1460. The van der Waals surface area contributed by atoms with E-state index in [1.54, 1.807) is 6.07 Å².